The highest BCUT2D eigenvalue weighted by Gasteiger charge is 2.08. The summed E-state index contributed by atoms with van der Waals surface area (Å²) in [5, 5.41) is 7.48. The molecule has 3 aromatic rings. The number of aromatic nitrogens is 2. The van der Waals surface area contributed by atoms with Gasteiger partial charge in [0.1, 0.15) is 5.82 Å². The van der Waals surface area contributed by atoms with Gasteiger partial charge in [-0.1, -0.05) is 32.0 Å². The Hall–Kier alpha value is -2.82. The number of nitrogens with zero attached hydrogens (tertiary/aromatic N) is 1. The summed E-state index contributed by atoms with van der Waals surface area (Å²) in [5.41, 5.74) is 2.97. The maximum absolute atomic E-state index is 12.4. The van der Waals surface area contributed by atoms with E-state index in [9.17, 15) is 4.79 Å². The van der Waals surface area contributed by atoms with Crippen LogP contribution in [-0.2, 0) is 6.42 Å². The summed E-state index contributed by atoms with van der Waals surface area (Å²) >= 11 is 0. The van der Waals surface area contributed by atoms with Crippen molar-refractivity contribution in [3.63, 3.8) is 0 Å². The number of anilines is 1. The molecule has 0 saturated carbocycles. The van der Waals surface area contributed by atoms with Crippen molar-refractivity contribution in [3.05, 3.63) is 59.9 Å². The molecular formula is C21H26N4O. The second-order valence-electron chi connectivity index (χ2n) is 6.90. The first-order valence-electron chi connectivity index (χ1n) is 9.16. The molecular weight excluding hydrogens is 324 g/mol. The summed E-state index contributed by atoms with van der Waals surface area (Å²) < 4.78 is 0. The second-order valence-corrected chi connectivity index (χ2v) is 6.90. The van der Waals surface area contributed by atoms with Crippen molar-refractivity contribution in [3.8, 4) is 0 Å². The Morgan fingerprint density at radius 3 is 2.88 bits per heavy atom. The maximum Gasteiger partial charge on any atom is 0.251 e. The van der Waals surface area contributed by atoms with Crippen LogP contribution in [0, 0.1) is 5.92 Å². The Labute approximate surface area is 154 Å². The molecule has 0 fully saturated rings. The highest BCUT2D eigenvalue weighted by atomic mass is 16.1. The summed E-state index contributed by atoms with van der Waals surface area (Å²) in [6, 6.07) is 11.8. The van der Waals surface area contributed by atoms with Crippen LogP contribution in [-0.4, -0.2) is 29.0 Å². The molecule has 0 aliphatic rings. The average Bonchev–Trinajstić information content (AvgIpc) is 3.05. The van der Waals surface area contributed by atoms with Crippen molar-refractivity contribution in [2.24, 2.45) is 5.92 Å². The molecule has 0 bridgehead atoms. The molecule has 0 atom stereocenters. The third kappa shape index (κ3) is 4.63. The molecule has 3 rings (SSSR count). The van der Waals surface area contributed by atoms with E-state index < -0.39 is 0 Å². The normalized spacial score (nSPS) is 11.0. The molecule has 2 aromatic heterocycles. The van der Waals surface area contributed by atoms with Crippen molar-refractivity contribution in [1.82, 2.24) is 15.3 Å². The highest BCUT2D eigenvalue weighted by molar-refractivity contribution is 5.94. The highest BCUT2D eigenvalue weighted by Crippen LogP contribution is 2.17. The molecule has 0 spiro atoms. The molecule has 1 amide bonds. The van der Waals surface area contributed by atoms with Crippen LogP contribution >= 0.6 is 0 Å². The van der Waals surface area contributed by atoms with Crippen LogP contribution in [0.2, 0.25) is 0 Å². The zero-order valence-corrected chi connectivity index (χ0v) is 15.4. The van der Waals surface area contributed by atoms with Crippen molar-refractivity contribution >= 4 is 22.6 Å². The van der Waals surface area contributed by atoms with Gasteiger partial charge in [0, 0.05) is 41.9 Å². The van der Waals surface area contributed by atoms with E-state index in [0.717, 1.165) is 30.7 Å². The first-order valence-corrected chi connectivity index (χ1v) is 9.16. The number of hydrogen-bond acceptors (Lipinski definition) is 3. The fourth-order valence-corrected chi connectivity index (χ4v) is 2.91. The first kappa shape index (κ1) is 18.0. The predicted octanol–water partition coefficient (Wildman–Crippen LogP) is 3.99. The molecule has 2 heterocycles. The van der Waals surface area contributed by atoms with Gasteiger partial charge in [-0.05, 0) is 42.5 Å². The zero-order valence-electron chi connectivity index (χ0n) is 15.4. The number of aromatic amines is 1. The lowest BCUT2D eigenvalue weighted by molar-refractivity contribution is 0.0954. The van der Waals surface area contributed by atoms with Gasteiger partial charge >= 0.3 is 0 Å². The van der Waals surface area contributed by atoms with Gasteiger partial charge in [-0.3, -0.25) is 4.79 Å². The van der Waals surface area contributed by atoms with E-state index in [4.69, 9.17) is 0 Å². The summed E-state index contributed by atoms with van der Waals surface area (Å²) in [5.74, 6) is 1.31. The fourth-order valence-electron chi connectivity index (χ4n) is 2.91. The van der Waals surface area contributed by atoms with Gasteiger partial charge in [0.25, 0.3) is 5.91 Å². The van der Waals surface area contributed by atoms with E-state index in [1.807, 2.05) is 18.3 Å². The van der Waals surface area contributed by atoms with E-state index in [1.54, 1.807) is 18.3 Å². The molecule has 0 unspecified atom stereocenters. The number of hydrogen-bond donors (Lipinski definition) is 3. The molecule has 5 nitrogen and oxygen atoms in total. The zero-order chi connectivity index (χ0) is 18.4. The number of fused-ring (bicyclic) bond motifs is 1. The third-order valence-corrected chi connectivity index (χ3v) is 4.40. The quantitative estimate of drug-likeness (QED) is 0.575. The van der Waals surface area contributed by atoms with Gasteiger partial charge in [-0.2, -0.15) is 0 Å². The maximum atomic E-state index is 12.4. The van der Waals surface area contributed by atoms with E-state index in [0.29, 0.717) is 18.0 Å². The summed E-state index contributed by atoms with van der Waals surface area (Å²) in [7, 11) is 0. The number of benzene rings is 1. The Morgan fingerprint density at radius 1 is 1.19 bits per heavy atom. The van der Waals surface area contributed by atoms with Gasteiger partial charge in [-0.15, -0.1) is 0 Å². The van der Waals surface area contributed by atoms with Crippen LogP contribution in [0.1, 0.15) is 36.2 Å². The molecule has 0 aliphatic heterocycles. The van der Waals surface area contributed by atoms with Crippen molar-refractivity contribution in [2.75, 3.05) is 18.4 Å². The Bertz CT molecular complexity index is 869. The number of para-hydroxylation sites is 1. The molecule has 5 heteroatoms. The van der Waals surface area contributed by atoms with Crippen molar-refractivity contribution in [2.45, 2.75) is 26.7 Å². The fraction of sp³-hybridized carbons (Fsp3) is 0.333. The largest absolute Gasteiger partial charge is 0.370 e. The smallest absolute Gasteiger partial charge is 0.251 e. The number of H-pyrrole nitrogens is 1. The molecule has 136 valence electrons. The Kier molecular flexibility index (Phi) is 5.89. The Balaban J connectivity index is 1.53. The lowest BCUT2D eigenvalue weighted by Crippen LogP contribution is -2.25. The molecule has 3 N–H and O–H groups in total. The van der Waals surface area contributed by atoms with Crippen LogP contribution in [0.25, 0.3) is 10.9 Å². The van der Waals surface area contributed by atoms with Gasteiger partial charge < -0.3 is 15.6 Å². The van der Waals surface area contributed by atoms with Crippen LogP contribution in [0.4, 0.5) is 5.82 Å². The number of carbonyl (C=O) groups excluding carboxylic acids is 1. The lowest BCUT2D eigenvalue weighted by Gasteiger charge is -2.09. The van der Waals surface area contributed by atoms with Gasteiger partial charge in [0.15, 0.2) is 0 Å². The number of pyridine rings is 1. The molecule has 0 aliphatic carbocycles. The van der Waals surface area contributed by atoms with Gasteiger partial charge in [0.2, 0.25) is 0 Å². The number of nitrogens with one attached hydrogen (secondary N) is 3. The number of carbonyl (C=O) groups is 1. The van der Waals surface area contributed by atoms with E-state index in [-0.39, 0.29) is 5.91 Å². The van der Waals surface area contributed by atoms with E-state index in [2.05, 4.69) is 46.6 Å². The molecule has 0 radical (unpaired) electrons. The number of amides is 1. The van der Waals surface area contributed by atoms with Crippen molar-refractivity contribution in [1.29, 1.82) is 0 Å². The molecule has 26 heavy (non-hydrogen) atoms. The monoisotopic (exact) mass is 350 g/mol. The predicted molar refractivity (Wildman–Crippen MR) is 107 cm³/mol. The van der Waals surface area contributed by atoms with E-state index in [1.165, 1.54) is 10.9 Å². The van der Waals surface area contributed by atoms with Crippen LogP contribution in [0.3, 0.4) is 0 Å². The number of rotatable bonds is 8. The third-order valence-electron chi connectivity index (χ3n) is 4.40. The summed E-state index contributed by atoms with van der Waals surface area (Å²) in [6.07, 6.45) is 5.55. The molecule has 1 aromatic carbocycles. The molecule has 0 saturated heterocycles. The van der Waals surface area contributed by atoms with Crippen LogP contribution in [0.5, 0.6) is 0 Å². The van der Waals surface area contributed by atoms with Crippen LogP contribution < -0.4 is 10.6 Å². The first-order chi connectivity index (χ1) is 12.6. The SMILES string of the molecule is CC(C)CCNc1cc(C(=O)NCCc2c[nH]c3ccccc23)ccn1. The lowest BCUT2D eigenvalue weighted by atomic mass is 10.1. The van der Waals surface area contributed by atoms with E-state index >= 15 is 0 Å². The minimum atomic E-state index is -0.0702. The average molecular weight is 350 g/mol. The second kappa shape index (κ2) is 8.52. The van der Waals surface area contributed by atoms with Crippen molar-refractivity contribution < 1.29 is 4.79 Å². The summed E-state index contributed by atoms with van der Waals surface area (Å²) in [4.78, 5) is 19.9. The van der Waals surface area contributed by atoms with Crippen LogP contribution in [0.15, 0.2) is 48.8 Å². The minimum absolute atomic E-state index is 0.0702. The minimum Gasteiger partial charge on any atom is -0.370 e. The Morgan fingerprint density at radius 2 is 2.04 bits per heavy atom. The summed E-state index contributed by atoms with van der Waals surface area (Å²) in [6.45, 7) is 5.83. The van der Waals surface area contributed by atoms with Gasteiger partial charge in [0.05, 0.1) is 0 Å². The van der Waals surface area contributed by atoms with Gasteiger partial charge in [-0.25, -0.2) is 4.98 Å². The topological polar surface area (TPSA) is 69.8 Å². The standard InChI is InChI=1S/C21H26N4O/c1-15(2)7-10-22-20-13-16(8-11-23-20)21(26)24-12-9-17-14-25-19-6-4-3-5-18(17)19/h3-6,8,11,13-15,25H,7,9-10,12H2,1-2H3,(H,22,23)(H,24,26).